The molecule has 1 rings (SSSR count). The first-order chi connectivity index (χ1) is 8.10. The minimum Gasteiger partial charge on any atom is -0.396 e. The van der Waals surface area contributed by atoms with Crippen molar-refractivity contribution in [3.8, 4) is 0 Å². The number of aromatic nitrogens is 2. The third-order valence-electron chi connectivity index (χ3n) is 2.26. The monoisotopic (exact) mass is 258 g/mol. The lowest BCUT2D eigenvalue weighted by atomic mass is 10.3. The summed E-state index contributed by atoms with van der Waals surface area (Å²) in [6.45, 7) is 4.49. The van der Waals surface area contributed by atoms with Crippen LogP contribution in [0.15, 0.2) is 0 Å². The van der Waals surface area contributed by atoms with Crippen molar-refractivity contribution in [2.45, 2.75) is 26.3 Å². The third kappa shape index (κ3) is 3.64. The summed E-state index contributed by atoms with van der Waals surface area (Å²) in [7, 11) is 1.74. The predicted octanol–water partition coefficient (Wildman–Crippen LogP) is 0.813. The molecule has 2 N–H and O–H groups in total. The molecule has 0 unspecified atom stereocenters. The molecule has 0 radical (unpaired) electrons. The maximum atomic E-state index is 12.1. The van der Waals surface area contributed by atoms with Gasteiger partial charge in [-0.15, -0.1) is 10.2 Å². The van der Waals surface area contributed by atoms with E-state index >= 15 is 0 Å². The Hall–Kier alpha value is -1.21. The molecule has 1 aromatic rings. The van der Waals surface area contributed by atoms with Crippen LogP contribution in [0.4, 0.5) is 5.13 Å². The van der Waals surface area contributed by atoms with Gasteiger partial charge in [-0.25, -0.2) is 0 Å². The maximum absolute atomic E-state index is 12.1. The molecule has 0 saturated heterocycles. The molecule has 1 heterocycles. The van der Waals surface area contributed by atoms with Crippen LogP contribution in [0.25, 0.3) is 0 Å². The molecule has 0 bridgehead atoms. The summed E-state index contributed by atoms with van der Waals surface area (Å²) >= 11 is 1.23. The minimum atomic E-state index is -0.132. The topological polar surface area (TPSA) is 78.4 Å². The van der Waals surface area contributed by atoms with E-state index in [0.717, 1.165) is 0 Å². The van der Waals surface area contributed by atoms with Gasteiger partial charge in [-0.2, -0.15) is 0 Å². The Balaban J connectivity index is 2.76. The Morgan fingerprint density at radius 1 is 1.53 bits per heavy atom. The summed E-state index contributed by atoms with van der Waals surface area (Å²) < 4.78 is 0. The van der Waals surface area contributed by atoms with E-state index in [1.54, 1.807) is 11.9 Å². The number of nitrogens with zero attached hydrogens (tertiary/aromatic N) is 3. The molecule has 0 aromatic carbocycles. The molecule has 0 spiro atoms. The number of aliphatic hydroxyl groups is 1. The predicted molar refractivity (Wildman–Crippen MR) is 67.3 cm³/mol. The molecule has 6 nitrogen and oxygen atoms in total. The summed E-state index contributed by atoms with van der Waals surface area (Å²) in [6.07, 6.45) is 0.571. The first kappa shape index (κ1) is 13.9. The smallest absolute Gasteiger partial charge is 0.285 e. The molecule has 1 aromatic heterocycles. The van der Waals surface area contributed by atoms with Gasteiger partial charge in [0.15, 0.2) is 0 Å². The highest BCUT2D eigenvalue weighted by atomic mass is 32.1. The van der Waals surface area contributed by atoms with Crippen molar-refractivity contribution in [1.29, 1.82) is 0 Å². The summed E-state index contributed by atoms with van der Waals surface area (Å²) in [6, 6.07) is 0.0796. The van der Waals surface area contributed by atoms with Crippen molar-refractivity contribution in [1.82, 2.24) is 15.1 Å². The Labute approximate surface area is 105 Å². The molecule has 17 heavy (non-hydrogen) atoms. The number of rotatable bonds is 6. The van der Waals surface area contributed by atoms with Gasteiger partial charge in [0, 0.05) is 26.2 Å². The Bertz CT molecular complexity index is 367. The average molecular weight is 258 g/mol. The molecule has 96 valence electrons. The van der Waals surface area contributed by atoms with Crippen molar-refractivity contribution in [2.24, 2.45) is 0 Å². The summed E-state index contributed by atoms with van der Waals surface area (Å²) in [5.41, 5.74) is 0. The lowest BCUT2D eigenvalue weighted by Crippen LogP contribution is -2.38. The van der Waals surface area contributed by atoms with Gasteiger partial charge in [0.1, 0.15) is 0 Å². The number of anilines is 1. The van der Waals surface area contributed by atoms with Gasteiger partial charge >= 0.3 is 0 Å². The highest BCUT2D eigenvalue weighted by molar-refractivity contribution is 7.17. The van der Waals surface area contributed by atoms with Crippen LogP contribution in [-0.4, -0.2) is 52.4 Å². The van der Waals surface area contributed by atoms with E-state index in [-0.39, 0.29) is 18.6 Å². The van der Waals surface area contributed by atoms with E-state index in [1.807, 2.05) is 13.8 Å². The summed E-state index contributed by atoms with van der Waals surface area (Å²) in [5, 5.41) is 20.4. The first-order valence-corrected chi connectivity index (χ1v) is 6.35. The number of carbonyl (C=O) groups excluding carboxylic acids is 1. The van der Waals surface area contributed by atoms with Crippen LogP contribution in [0, 0.1) is 0 Å². The van der Waals surface area contributed by atoms with Crippen molar-refractivity contribution in [3.05, 3.63) is 5.01 Å². The van der Waals surface area contributed by atoms with Crippen molar-refractivity contribution < 1.29 is 9.90 Å². The largest absolute Gasteiger partial charge is 0.396 e. The van der Waals surface area contributed by atoms with Gasteiger partial charge in [0.2, 0.25) is 10.1 Å². The highest BCUT2D eigenvalue weighted by Crippen LogP contribution is 2.17. The van der Waals surface area contributed by atoms with Gasteiger partial charge in [0.05, 0.1) is 0 Å². The molecule has 7 heteroatoms. The second-order valence-corrected chi connectivity index (χ2v) is 4.81. The van der Waals surface area contributed by atoms with Crippen LogP contribution < -0.4 is 5.32 Å². The molecule has 0 aliphatic carbocycles. The Morgan fingerprint density at radius 3 is 2.71 bits per heavy atom. The standard InChI is InChI=1S/C10H18N4O2S/c1-7(2)14(5-4-6-15)9(16)8-12-13-10(11-3)17-8/h7,15H,4-6H2,1-3H3,(H,11,13). The van der Waals surface area contributed by atoms with Gasteiger partial charge in [-0.3, -0.25) is 4.79 Å². The third-order valence-corrected chi connectivity index (χ3v) is 3.19. The lowest BCUT2D eigenvalue weighted by Gasteiger charge is -2.25. The highest BCUT2D eigenvalue weighted by Gasteiger charge is 2.21. The fraction of sp³-hybridized carbons (Fsp3) is 0.700. The Kier molecular flexibility index (Phi) is 5.30. The van der Waals surface area contributed by atoms with Gasteiger partial charge in [-0.1, -0.05) is 11.3 Å². The molecule has 0 aliphatic heterocycles. The Morgan fingerprint density at radius 2 is 2.24 bits per heavy atom. The van der Waals surface area contributed by atoms with E-state index < -0.39 is 0 Å². The first-order valence-electron chi connectivity index (χ1n) is 5.53. The minimum absolute atomic E-state index is 0.0778. The zero-order valence-electron chi connectivity index (χ0n) is 10.3. The normalized spacial score (nSPS) is 10.6. The van der Waals surface area contributed by atoms with Gasteiger partial charge in [0.25, 0.3) is 5.91 Å². The van der Waals surface area contributed by atoms with Gasteiger partial charge in [-0.05, 0) is 20.3 Å². The summed E-state index contributed by atoms with van der Waals surface area (Å²) in [5.74, 6) is -0.132. The van der Waals surface area contributed by atoms with Crippen LogP contribution in [0.1, 0.15) is 30.1 Å². The number of aliphatic hydroxyl groups excluding tert-OH is 1. The number of hydrogen-bond donors (Lipinski definition) is 2. The van der Waals surface area contributed by atoms with Crippen LogP contribution in [0.5, 0.6) is 0 Å². The van der Waals surface area contributed by atoms with E-state index in [4.69, 9.17) is 5.11 Å². The van der Waals surface area contributed by atoms with Crippen LogP contribution >= 0.6 is 11.3 Å². The zero-order valence-corrected chi connectivity index (χ0v) is 11.1. The lowest BCUT2D eigenvalue weighted by molar-refractivity contribution is 0.0692. The second kappa shape index (κ2) is 6.51. The number of nitrogens with one attached hydrogen (secondary N) is 1. The molecule has 0 saturated carbocycles. The summed E-state index contributed by atoms with van der Waals surface area (Å²) in [4.78, 5) is 13.8. The fourth-order valence-corrected chi connectivity index (χ4v) is 2.02. The van der Waals surface area contributed by atoms with Crippen molar-refractivity contribution >= 4 is 22.4 Å². The molecule has 0 fully saturated rings. The van der Waals surface area contributed by atoms with Crippen LogP contribution in [0.2, 0.25) is 0 Å². The quantitative estimate of drug-likeness (QED) is 0.789. The number of amides is 1. The van der Waals surface area contributed by atoms with E-state index in [9.17, 15) is 4.79 Å². The van der Waals surface area contributed by atoms with Crippen molar-refractivity contribution in [2.75, 3.05) is 25.5 Å². The van der Waals surface area contributed by atoms with E-state index in [1.165, 1.54) is 11.3 Å². The van der Waals surface area contributed by atoms with Crippen LogP contribution in [0.3, 0.4) is 0 Å². The molecule has 0 atom stereocenters. The SMILES string of the molecule is CNc1nnc(C(=O)N(CCCO)C(C)C)s1. The second-order valence-electron chi connectivity index (χ2n) is 3.83. The van der Waals surface area contributed by atoms with E-state index in [2.05, 4.69) is 15.5 Å². The van der Waals surface area contributed by atoms with Crippen molar-refractivity contribution in [3.63, 3.8) is 0 Å². The fourth-order valence-electron chi connectivity index (χ4n) is 1.37. The van der Waals surface area contributed by atoms with Gasteiger partial charge < -0.3 is 15.3 Å². The molecule has 0 aliphatic rings. The molecular weight excluding hydrogens is 240 g/mol. The number of carbonyl (C=O) groups is 1. The molecule has 1 amide bonds. The number of hydrogen-bond acceptors (Lipinski definition) is 6. The zero-order chi connectivity index (χ0) is 12.8. The maximum Gasteiger partial charge on any atom is 0.285 e. The van der Waals surface area contributed by atoms with Crippen LogP contribution in [-0.2, 0) is 0 Å². The average Bonchev–Trinajstić information content (AvgIpc) is 2.77. The van der Waals surface area contributed by atoms with E-state index in [0.29, 0.717) is 23.1 Å². The molecular formula is C10H18N4O2S.